The summed E-state index contributed by atoms with van der Waals surface area (Å²) in [5.41, 5.74) is 3.48. The minimum Gasteiger partial charge on any atom is -0.317 e. The first-order chi connectivity index (χ1) is 13.1. The molecule has 0 aliphatic heterocycles. The smallest absolute Gasteiger partial charge is 0.130 e. The van der Waals surface area contributed by atoms with Crippen molar-refractivity contribution >= 4 is 22.4 Å². The lowest BCUT2D eigenvalue weighted by molar-refractivity contribution is 0.636. The molecule has 5 nitrogen and oxygen atoms in total. The Morgan fingerprint density at radius 3 is 2.52 bits per heavy atom. The van der Waals surface area contributed by atoms with Crippen molar-refractivity contribution in [1.29, 1.82) is 0 Å². The van der Waals surface area contributed by atoms with Crippen LogP contribution in [-0.4, -0.2) is 37.7 Å². The van der Waals surface area contributed by atoms with Crippen LogP contribution in [0.25, 0.3) is 22.4 Å². The zero-order valence-corrected chi connectivity index (χ0v) is 17.0. The second-order valence-corrected chi connectivity index (χ2v) is 8.51. The molecule has 0 aliphatic carbocycles. The normalized spacial score (nSPS) is 13.4. The molecule has 27 heavy (non-hydrogen) atoms. The molecule has 2 aromatic heterocycles. The molecule has 142 valence electrons. The van der Waals surface area contributed by atoms with E-state index in [1.807, 2.05) is 43.3 Å². The van der Waals surface area contributed by atoms with Gasteiger partial charge in [-0.05, 0) is 49.3 Å². The van der Waals surface area contributed by atoms with E-state index in [1.54, 1.807) is 12.4 Å². The highest BCUT2D eigenvalue weighted by molar-refractivity contribution is 7.85. The summed E-state index contributed by atoms with van der Waals surface area (Å²) in [6.45, 7) is 5.82. The van der Waals surface area contributed by atoms with Gasteiger partial charge in [0.2, 0.25) is 0 Å². The third-order valence-electron chi connectivity index (χ3n) is 4.36. The number of aromatic amines is 1. The Kier molecular flexibility index (Phi) is 6.77. The van der Waals surface area contributed by atoms with Gasteiger partial charge in [-0.1, -0.05) is 37.6 Å². The lowest BCUT2D eigenvalue weighted by Crippen LogP contribution is -2.21. The summed E-state index contributed by atoms with van der Waals surface area (Å²) in [4.78, 5) is 4.10. The molecule has 2 atom stereocenters. The van der Waals surface area contributed by atoms with Crippen molar-refractivity contribution < 1.29 is 4.21 Å². The molecular formula is C20H23ClN4OS. The van der Waals surface area contributed by atoms with Crippen LogP contribution in [0.15, 0.2) is 53.8 Å². The van der Waals surface area contributed by atoms with Crippen LogP contribution in [-0.2, 0) is 10.8 Å². The maximum Gasteiger partial charge on any atom is 0.130 e. The average Bonchev–Trinajstić information content (AvgIpc) is 3.13. The Hall–Kier alpha value is -2.02. The summed E-state index contributed by atoms with van der Waals surface area (Å²) in [6.07, 6.45) is 4.29. The van der Waals surface area contributed by atoms with Crippen LogP contribution < -0.4 is 5.32 Å². The van der Waals surface area contributed by atoms with Gasteiger partial charge in [0.25, 0.3) is 0 Å². The number of nitrogens with one attached hydrogen (secondary N) is 2. The fraction of sp³-hybridized carbons (Fsp3) is 0.300. The second kappa shape index (κ2) is 9.26. The van der Waals surface area contributed by atoms with Crippen molar-refractivity contribution in [1.82, 2.24) is 20.5 Å². The van der Waals surface area contributed by atoms with E-state index in [0.29, 0.717) is 10.0 Å². The summed E-state index contributed by atoms with van der Waals surface area (Å²) in [6, 6.07) is 11.3. The lowest BCUT2D eigenvalue weighted by Gasteiger charge is -2.12. The largest absolute Gasteiger partial charge is 0.317 e. The summed E-state index contributed by atoms with van der Waals surface area (Å²) in [5.74, 6) is 0. The molecule has 1 aromatic carbocycles. The quantitative estimate of drug-likeness (QED) is 0.551. The molecule has 0 aliphatic rings. The van der Waals surface area contributed by atoms with Crippen molar-refractivity contribution in [3.05, 3.63) is 53.8 Å². The number of H-pyrrole nitrogens is 1. The molecule has 3 aromatic rings. The van der Waals surface area contributed by atoms with E-state index in [9.17, 15) is 4.21 Å². The van der Waals surface area contributed by atoms with E-state index in [4.69, 9.17) is 11.6 Å². The van der Waals surface area contributed by atoms with Gasteiger partial charge < -0.3 is 5.32 Å². The van der Waals surface area contributed by atoms with Gasteiger partial charge in [0, 0.05) is 33.8 Å². The van der Waals surface area contributed by atoms with Gasteiger partial charge in [-0.15, -0.1) is 0 Å². The topological polar surface area (TPSA) is 70.7 Å². The molecule has 0 saturated heterocycles. The highest BCUT2D eigenvalue weighted by Gasteiger charge is 2.24. The van der Waals surface area contributed by atoms with Gasteiger partial charge in [0.15, 0.2) is 0 Å². The number of pyridine rings is 1. The second-order valence-electron chi connectivity index (χ2n) is 6.27. The molecule has 2 unspecified atom stereocenters. The van der Waals surface area contributed by atoms with Crippen LogP contribution in [0.3, 0.4) is 0 Å². The van der Waals surface area contributed by atoms with E-state index < -0.39 is 10.8 Å². The molecule has 0 spiro atoms. The Morgan fingerprint density at radius 1 is 1.15 bits per heavy atom. The summed E-state index contributed by atoms with van der Waals surface area (Å²) < 4.78 is 13.2. The van der Waals surface area contributed by atoms with Gasteiger partial charge >= 0.3 is 0 Å². The van der Waals surface area contributed by atoms with Crippen LogP contribution in [0, 0.1) is 0 Å². The molecule has 2 N–H and O–H groups in total. The summed E-state index contributed by atoms with van der Waals surface area (Å²) >= 11 is 6.02. The van der Waals surface area contributed by atoms with Gasteiger partial charge in [0.1, 0.15) is 10.7 Å². The standard InChI is InChI=1S/C20H23ClN4OS/c1-3-22-11-8-14(2)27(26)20-18(15-9-12-23-13-10-15)19(24-25-20)16-4-6-17(21)7-5-16/h4-7,9-10,12-14,22H,3,8,11H2,1-2H3,(H,24,25). The highest BCUT2D eigenvalue weighted by Crippen LogP contribution is 2.35. The maximum absolute atomic E-state index is 13.2. The van der Waals surface area contributed by atoms with Gasteiger partial charge in [-0.25, -0.2) is 0 Å². The third kappa shape index (κ3) is 4.64. The van der Waals surface area contributed by atoms with E-state index >= 15 is 0 Å². The first-order valence-electron chi connectivity index (χ1n) is 8.97. The zero-order valence-electron chi connectivity index (χ0n) is 15.4. The molecular weight excluding hydrogens is 380 g/mol. The van der Waals surface area contributed by atoms with Crippen molar-refractivity contribution in [3.8, 4) is 22.4 Å². The summed E-state index contributed by atoms with van der Waals surface area (Å²) in [7, 11) is -1.21. The SMILES string of the molecule is CCNCCC(C)S(=O)c1[nH]nc(-c2ccc(Cl)cc2)c1-c1ccncc1. The summed E-state index contributed by atoms with van der Waals surface area (Å²) in [5, 5.41) is 12.1. The first-order valence-corrected chi connectivity index (χ1v) is 10.6. The fourth-order valence-corrected chi connectivity index (χ4v) is 4.28. The number of nitrogens with zero attached hydrogens (tertiary/aromatic N) is 2. The van der Waals surface area contributed by atoms with E-state index in [-0.39, 0.29) is 5.25 Å². The van der Waals surface area contributed by atoms with E-state index in [0.717, 1.165) is 41.9 Å². The highest BCUT2D eigenvalue weighted by atomic mass is 35.5. The molecule has 0 amide bonds. The Bertz CT molecular complexity index is 896. The van der Waals surface area contributed by atoms with Crippen LogP contribution in [0.1, 0.15) is 20.3 Å². The van der Waals surface area contributed by atoms with Crippen LogP contribution >= 0.6 is 11.6 Å². The molecule has 0 fully saturated rings. The Balaban J connectivity index is 2.02. The van der Waals surface area contributed by atoms with Gasteiger partial charge in [0.05, 0.1) is 10.8 Å². The predicted molar refractivity (Wildman–Crippen MR) is 111 cm³/mol. The van der Waals surface area contributed by atoms with Crippen molar-refractivity contribution in [2.75, 3.05) is 13.1 Å². The minimum atomic E-state index is -1.21. The number of halogens is 1. The molecule has 0 bridgehead atoms. The Labute approximate surface area is 167 Å². The molecule has 7 heteroatoms. The zero-order chi connectivity index (χ0) is 19.2. The predicted octanol–water partition coefficient (Wildman–Crippen LogP) is 4.29. The maximum atomic E-state index is 13.2. The average molecular weight is 403 g/mol. The van der Waals surface area contributed by atoms with Crippen molar-refractivity contribution in [3.63, 3.8) is 0 Å². The van der Waals surface area contributed by atoms with E-state index in [2.05, 4.69) is 27.4 Å². The van der Waals surface area contributed by atoms with E-state index in [1.165, 1.54) is 0 Å². The lowest BCUT2D eigenvalue weighted by atomic mass is 10.0. The van der Waals surface area contributed by atoms with Crippen LogP contribution in [0.5, 0.6) is 0 Å². The third-order valence-corrected chi connectivity index (χ3v) is 6.28. The number of benzene rings is 1. The van der Waals surface area contributed by atoms with Crippen molar-refractivity contribution in [2.24, 2.45) is 0 Å². The van der Waals surface area contributed by atoms with Crippen LogP contribution in [0.4, 0.5) is 0 Å². The number of rotatable bonds is 8. The molecule has 0 saturated carbocycles. The minimum absolute atomic E-state index is 0.00292. The van der Waals surface area contributed by atoms with Gasteiger partial charge in [-0.3, -0.25) is 14.3 Å². The fourth-order valence-electron chi connectivity index (χ4n) is 2.86. The van der Waals surface area contributed by atoms with Crippen molar-refractivity contribution in [2.45, 2.75) is 30.5 Å². The first kappa shape index (κ1) is 19.7. The van der Waals surface area contributed by atoms with Gasteiger partial charge in [-0.2, -0.15) is 5.10 Å². The van der Waals surface area contributed by atoms with Crippen LogP contribution in [0.2, 0.25) is 5.02 Å². The number of aromatic nitrogens is 3. The monoisotopic (exact) mass is 402 g/mol. The number of hydrogen-bond acceptors (Lipinski definition) is 4. The molecule has 0 radical (unpaired) electrons. The molecule has 3 rings (SSSR count). The molecule has 2 heterocycles. The number of hydrogen-bond donors (Lipinski definition) is 2. The Morgan fingerprint density at radius 2 is 1.85 bits per heavy atom.